The molecule has 0 fully saturated rings. The highest BCUT2D eigenvalue weighted by molar-refractivity contribution is 5.88. The van der Waals surface area contributed by atoms with Crippen molar-refractivity contribution in [3.63, 3.8) is 0 Å². The van der Waals surface area contributed by atoms with Gasteiger partial charge >= 0.3 is 6.36 Å². The van der Waals surface area contributed by atoms with Crippen LogP contribution in [0.15, 0.2) is 24.4 Å². The van der Waals surface area contributed by atoms with Gasteiger partial charge in [-0.3, -0.25) is 0 Å². The molecule has 0 aliphatic carbocycles. The number of halogens is 3. The van der Waals surface area contributed by atoms with Gasteiger partial charge in [0.2, 0.25) is 0 Å². The number of rotatable bonds is 2. The number of ether oxygens (including phenoxy) is 1. The van der Waals surface area contributed by atoms with Crippen molar-refractivity contribution in [2.24, 2.45) is 0 Å². The highest BCUT2D eigenvalue weighted by Crippen LogP contribution is 2.33. The number of nitrogens with one attached hydrogen (secondary N) is 1. The van der Waals surface area contributed by atoms with Crippen molar-refractivity contribution in [3.8, 4) is 5.75 Å². The van der Waals surface area contributed by atoms with Gasteiger partial charge in [-0.1, -0.05) is 26.0 Å². The minimum Gasteiger partial charge on any atom is -0.404 e. The maximum atomic E-state index is 12.2. The molecule has 0 aliphatic rings. The number of hydrogen-bond donors (Lipinski definition) is 1. The van der Waals surface area contributed by atoms with Crippen molar-refractivity contribution in [2.45, 2.75) is 26.1 Å². The van der Waals surface area contributed by atoms with Crippen LogP contribution in [-0.2, 0) is 0 Å². The van der Waals surface area contributed by atoms with Crippen LogP contribution in [0.5, 0.6) is 5.75 Å². The van der Waals surface area contributed by atoms with Gasteiger partial charge in [-0.15, -0.1) is 13.2 Å². The van der Waals surface area contributed by atoms with E-state index in [1.807, 2.05) is 13.8 Å². The Balaban J connectivity index is 2.52. The summed E-state index contributed by atoms with van der Waals surface area (Å²) in [5.74, 6) is 0.0480. The largest absolute Gasteiger partial charge is 0.573 e. The third-order valence-electron chi connectivity index (χ3n) is 2.56. The lowest BCUT2D eigenvalue weighted by atomic mass is 10.0. The van der Waals surface area contributed by atoms with Crippen molar-refractivity contribution in [1.82, 2.24) is 4.98 Å². The van der Waals surface area contributed by atoms with Crippen LogP contribution in [-0.4, -0.2) is 11.3 Å². The number of para-hydroxylation sites is 1. The molecule has 0 amide bonds. The molecule has 92 valence electrons. The molecule has 0 bridgehead atoms. The molecule has 0 radical (unpaired) electrons. The van der Waals surface area contributed by atoms with E-state index in [-0.39, 0.29) is 11.7 Å². The number of alkyl halides is 3. The minimum atomic E-state index is -4.67. The molecule has 1 aromatic carbocycles. The van der Waals surface area contributed by atoms with Gasteiger partial charge in [0.1, 0.15) is 0 Å². The third kappa shape index (κ3) is 2.38. The molecule has 2 rings (SSSR count). The van der Waals surface area contributed by atoms with E-state index in [1.54, 1.807) is 18.3 Å². The summed E-state index contributed by atoms with van der Waals surface area (Å²) in [4.78, 5) is 2.84. The molecule has 0 aliphatic heterocycles. The number of H-pyrrole nitrogens is 1. The zero-order valence-corrected chi connectivity index (χ0v) is 9.43. The fourth-order valence-corrected chi connectivity index (χ4v) is 1.84. The highest BCUT2D eigenvalue weighted by atomic mass is 19.4. The predicted molar refractivity (Wildman–Crippen MR) is 59.1 cm³/mol. The van der Waals surface area contributed by atoms with Crippen LogP contribution in [0.1, 0.15) is 25.3 Å². The van der Waals surface area contributed by atoms with E-state index in [1.165, 1.54) is 6.07 Å². The summed E-state index contributed by atoms with van der Waals surface area (Å²) in [5.41, 5.74) is 1.36. The SMILES string of the molecule is CC(C)c1c[nH]c2c(OC(F)(F)F)cccc12. The van der Waals surface area contributed by atoms with Crippen molar-refractivity contribution >= 4 is 10.9 Å². The quantitative estimate of drug-likeness (QED) is 0.840. The summed E-state index contributed by atoms with van der Waals surface area (Å²) in [6, 6.07) is 4.64. The summed E-state index contributed by atoms with van der Waals surface area (Å²) < 4.78 is 40.6. The van der Waals surface area contributed by atoms with Crippen LogP contribution < -0.4 is 4.74 Å². The molecular weight excluding hydrogens is 231 g/mol. The Hall–Kier alpha value is -1.65. The van der Waals surface area contributed by atoms with Crippen LogP contribution >= 0.6 is 0 Å². The normalized spacial score (nSPS) is 12.4. The van der Waals surface area contributed by atoms with Crippen molar-refractivity contribution in [2.75, 3.05) is 0 Å². The summed E-state index contributed by atoms with van der Waals surface area (Å²) in [6.45, 7) is 3.97. The fourth-order valence-electron chi connectivity index (χ4n) is 1.84. The molecule has 2 nitrogen and oxygen atoms in total. The molecule has 2 aromatic rings. The molecule has 0 atom stereocenters. The second kappa shape index (κ2) is 3.98. The van der Waals surface area contributed by atoms with Gasteiger partial charge in [-0.25, -0.2) is 0 Å². The number of hydrogen-bond acceptors (Lipinski definition) is 1. The molecule has 1 aromatic heterocycles. The molecule has 0 spiro atoms. The summed E-state index contributed by atoms with van der Waals surface area (Å²) in [7, 11) is 0. The third-order valence-corrected chi connectivity index (χ3v) is 2.56. The van der Waals surface area contributed by atoms with Gasteiger partial charge in [0.25, 0.3) is 0 Å². The number of benzene rings is 1. The Morgan fingerprint density at radius 3 is 2.53 bits per heavy atom. The van der Waals surface area contributed by atoms with E-state index >= 15 is 0 Å². The maximum Gasteiger partial charge on any atom is 0.573 e. The van der Waals surface area contributed by atoms with Gasteiger partial charge in [-0.2, -0.15) is 0 Å². The first-order valence-corrected chi connectivity index (χ1v) is 5.24. The zero-order chi connectivity index (χ0) is 12.6. The molecule has 0 unspecified atom stereocenters. The smallest absolute Gasteiger partial charge is 0.404 e. The van der Waals surface area contributed by atoms with Crippen LogP contribution in [0.3, 0.4) is 0 Å². The average Bonchev–Trinajstić information content (AvgIpc) is 2.59. The predicted octanol–water partition coefficient (Wildman–Crippen LogP) is 4.19. The van der Waals surface area contributed by atoms with Gasteiger partial charge in [-0.05, 0) is 17.5 Å². The second-order valence-electron chi connectivity index (χ2n) is 4.13. The van der Waals surface area contributed by atoms with E-state index in [0.717, 1.165) is 10.9 Å². The Bertz CT molecular complexity index is 528. The molecule has 0 saturated carbocycles. The lowest BCUT2D eigenvalue weighted by molar-refractivity contribution is -0.274. The molecular formula is C12H12F3NO. The first-order valence-electron chi connectivity index (χ1n) is 5.24. The van der Waals surface area contributed by atoms with E-state index in [2.05, 4.69) is 9.72 Å². The van der Waals surface area contributed by atoms with Gasteiger partial charge < -0.3 is 9.72 Å². The highest BCUT2D eigenvalue weighted by Gasteiger charge is 2.32. The molecule has 1 N–H and O–H groups in total. The van der Waals surface area contributed by atoms with Gasteiger partial charge in [0.05, 0.1) is 5.52 Å². The average molecular weight is 243 g/mol. The van der Waals surface area contributed by atoms with E-state index in [9.17, 15) is 13.2 Å². The summed E-state index contributed by atoms with van der Waals surface area (Å²) >= 11 is 0. The Kier molecular flexibility index (Phi) is 2.77. The number of aromatic amines is 1. The minimum absolute atomic E-state index is 0.193. The lowest BCUT2D eigenvalue weighted by Gasteiger charge is -2.10. The first-order chi connectivity index (χ1) is 7.88. The van der Waals surface area contributed by atoms with Crippen LogP contribution in [0.4, 0.5) is 13.2 Å². The second-order valence-corrected chi connectivity index (χ2v) is 4.13. The standard InChI is InChI=1S/C12H12F3NO/c1-7(2)9-6-16-11-8(9)4-3-5-10(11)17-12(13,14)15/h3-7,16H,1-2H3. The lowest BCUT2D eigenvalue weighted by Crippen LogP contribution is -2.17. The van der Waals surface area contributed by atoms with Crippen LogP contribution in [0.25, 0.3) is 10.9 Å². The number of fused-ring (bicyclic) bond motifs is 1. The molecule has 17 heavy (non-hydrogen) atoms. The van der Waals surface area contributed by atoms with Crippen LogP contribution in [0.2, 0.25) is 0 Å². The zero-order valence-electron chi connectivity index (χ0n) is 9.43. The van der Waals surface area contributed by atoms with Crippen molar-refractivity contribution < 1.29 is 17.9 Å². The molecule has 1 heterocycles. The van der Waals surface area contributed by atoms with Crippen LogP contribution in [0, 0.1) is 0 Å². The maximum absolute atomic E-state index is 12.2. The Morgan fingerprint density at radius 1 is 1.24 bits per heavy atom. The van der Waals surface area contributed by atoms with E-state index < -0.39 is 6.36 Å². The Labute approximate surface area is 96.4 Å². The van der Waals surface area contributed by atoms with Crippen molar-refractivity contribution in [3.05, 3.63) is 30.0 Å². The summed E-state index contributed by atoms with van der Waals surface area (Å²) in [6.07, 6.45) is -2.95. The van der Waals surface area contributed by atoms with E-state index in [0.29, 0.717) is 5.52 Å². The number of aromatic nitrogens is 1. The fraction of sp³-hybridized carbons (Fsp3) is 0.333. The molecule has 0 saturated heterocycles. The molecule has 5 heteroatoms. The van der Waals surface area contributed by atoms with Gasteiger partial charge in [0.15, 0.2) is 5.75 Å². The van der Waals surface area contributed by atoms with Gasteiger partial charge in [0, 0.05) is 11.6 Å². The first kappa shape index (κ1) is 11.8. The Morgan fingerprint density at radius 2 is 1.94 bits per heavy atom. The monoisotopic (exact) mass is 243 g/mol. The van der Waals surface area contributed by atoms with Crippen molar-refractivity contribution in [1.29, 1.82) is 0 Å². The van der Waals surface area contributed by atoms with E-state index in [4.69, 9.17) is 0 Å². The summed E-state index contributed by atoms with van der Waals surface area (Å²) in [5, 5.41) is 0.766. The topological polar surface area (TPSA) is 25.0 Å².